The molecule has 0 unspecified atom stereocenters. The molecule has 8 nitrogen and oxygen atoms in total. The Morgan fingerprint density at radius 2 is 1.57 bits per heavy atom. The molecule has 30 heavy (non-hydrogen) atoms. The molecule has 0 radical (unpaired) electrons. The van der Waals surface area contributed by atoms with E-state index < -0.39 is 29.6 Å². The normalized spacial score (nSPS) is 11.9. The van der Waals surface area contributed by atoms with E-state index in [4.69, 9.17) is 10.5 Å². The number of hydrazine groups is 1. The van der Waals surface area contributed by atoms with Gasteiger partial charge < -0.3 is 15.8 Å². The fourth-order valence-electron chi connectivity index (χ4n) is 2.58. The minimum Gasteiger partial charge on any atom is -0.444 e. The Hall–Kier alpha value is -3.39. The second-order valence-corrected chi connectivity index (χ2v) is 7.73. The molecule has 2 rings (SSSR count). The predicted molar refractivity (Wildman–Crippen MR) is 113 cm³/mol. The van der Waals surface area contributed by atoms with Crippen LogP contribution in [0, 0.1) is 0 Å². The molecule has 0 saturated heterocycles. The van der Waals surface area contributed by atoms with Crippen LogP contribution in [0.1, 0.15) is 42.3 Å². The van der Waals surface area contributed by atoms with Crippen molar-refractivity contribution in [1.82, 2.24) is 16.2 Å². The van der Waals surface area contributed by atoms with Gasteiger partial charge in [0.15, 0.2) is 0 Å². The zero-order valence-electron chi connectivity index (χ0n) is 17.4. The van der Waals surface area contributed by atoms with Gasteiger partial charge in [0.25, 0.3) is 11.8 Å². The number of nitrogens with one attached hydrogen (secondary N) is 3. The maximum atomic E-state index is 12.7. The lowest BCUT2D eigenvalue weighted by Gasteiger charge is -2.23. The number of hydrogen-bond acceptors (Lipinski definition) is 5. The van der Waals surface area contributed by atoms with Gasteiger partial charge in [0.05, 0.1) is 0 Å². The molecule has 0 aliphatic heterocycles. The highest BCUT2D eigenvalue weighted by Gasteiger charge is 2.25. The molecule has 0 bridgehead atoms. The first-order valence-electron chi connectivity index (χ1n) is 9.60. The first kappa shape index (κ1) is 22.9. The van der Waals surface area contributed by atoms with E-state index >= 15 is 0 Å². The number of ether oxygens (including phenoxy) is 1. The molecule has 8 heteroatoms. The zero-order chi connectivity index (χ0) is 22.1. The third kappa shape index (κ3) is 7.56. The Morgan fingerprint density at radius 1 is 0.933 bits per heavy atom. The molecule has 2 aromatic carbocycles. The lowest BCUT2D eigenvalue weighted by atomic mass is 10.1. The molecular weight excluding hydrogens is 384 g/mol. The highest BCUT2D eigenvalue weighted by molar-refractivity contribution is 5.96. The molecule has 0 spiro atoms. The molecule has 5 N–H and O–H groups in total. The summed E-state index contributed by atoms with van der Waals surface area (Å²) in [7, 11) is 0. The Bertz CT molecular complexity index is 861. The minimum atomic E-state index is -0.942. The van der Waals surface area contributed by atoms with Gasteiger partial charge in [0.1, 0.15) is 11.6 Å². The predicted octanol–water partition coefficient (Wildman–Crippen LogP) is 2.04. The first-order chi connectivity index (χ1) is 14.2. The van der Waals surface area contributed by atoms with Crippen LogP contribution < -0.4 is 21.9 Å². The van der Waals surface area contributed by atoms with Crippen LogP contribution >= 0.6 is 0 Å². The van der Waals surface area contributed by atoms with Crippen LogP contribution in [0.25, 0.3) is 0 Å². The fraction of sp³-hybridized carbons (Fsp3) is 0.318. The first-order valence-corrected chi connectivity index (χ1v) is 9.60. The Morgan fingerprint density at radius 3 is 2.13 bits per heavy atom. The monoisotopic (exact) mass is 412 g/mol. The van der Waals surface area contributed by atoms with E-state index in [0.717, 1.165) is 11.1 Å². The second-order valence-electron chi connectivity index (χ2n) is 7.73. The average Bonchev–Trinajstić information content (AvgIpc) is 2.70. The van der Waals surface area contributed by atoms with Crippen LogP contribution in [-0.2, 0) is 22.5 Å². The number of hydrogen-bond donors (Lipinski definition) is 4. The highest BCUT2D eigenvalue weighted by Crippen LogP contribution is 2.09. The Labute approximate surface area is 176 Å². The average molecular weight is 412 g/mol. The van der Waals surface area contributed by atoms with Gasteiger partial charge in [-0.05, 0) is 44.0 Å². The zero-order valence-corrected chi connectivity index (χ0v) is 17.4. The quantitative estimate of drug-likeness (QED) is 0.541. The van der Waals surface area contributed by atoms with E-state index in [1.54, 1.807) is 45.0 Å². The maximum absolute atomic E-state index is 12.7. The van der Waals surface area contributed by atoms with Crippen LogP contribution in [0.5, 0.6) is 0 Å². The van der Waals surface area contributed by atoms with Crippen LogP contribution in [-0.4, -0.2) is 29.6 Å². The van der Waals surface area contributed by atoms with Gasteiger partial charge in [0, 0.05) is 18.5 Å². The number of benzene rings is 2. The van der Waals surface area contributed by atoms with Crippen LogP contribution in [0.3, 0.4) is 0 Å². The lowest BCUT2D eigenvalue weighted by Crippen LogP contribution is -2.53. The summed E-state index contributed by atoms with van der Waals surface area (Å²) in [6.07, 6.45) is -0.491. The Kier molecular flexibility index (Phi) is 7.94. The summed E-state index contributed by atoms with van der Waals surface area (Å²) in [6.45, 7) is 5.56. The summed E-state index contributed by atoms with van der Waals surface area (Å²) in [4.78, 5) is 37.1. The van der Waals surface area contributed by atoms with Crippen LogP contribution in [0.15, 0.2) is 54.6 Å². The van der Waals surface area contributed by atoms with Gasteiger partial charge in [-0.1, -0.05) is 42.5 Å². The Balaban J connectivity index is 2.03. The van der Waals surface area contributed by atoms with E-state index in [0.29, 0.717) is 12.1 Å². The van der Waals surface area contributed by atoms with Crippen molar-refractivity contribution >= 4 is 17.9 Å². The van der Waals surface area contributed by atoms with Crippen molar-refractivity contribution in [3.63, 3.8) is 0 Å². The van der Waals surface area contributed by atoms with E-state index in [1.807, 2.05) is 30.3 Å². The largest absolute Gasteiger partial charge is 0.444 e. The van der Waals surface area contributed by atoms with Gasteiger partial charge in [-0.25, -0.2) is 4.79 Å². The molecule has 0 aliphatic rings. The lowest BCUT2D eigenvalue weighted by molar-refractivity contribution is -0.124. The van der Waals surface area contributed by atoms with E-state index in [9.17, 15) is 14.4 Å². The van der Waals surface area contributed by atoms with Crippen LogP contribution in [0.2, 0.25) is 0 Å². The molecule has 3 amide bonds. The summed E-state index contributed by atoms with van der Waals surface area (Å²) in [5.74, 6) is -1.06. The van der Waals surface area contributed by atoms with Gasteiger partial charge in [0.2, 0.25) is 0 Å². The summed E-state index contributed by atoms with van der Waals surface area (Å²) < 4.78 is 5.25. The van der Waals surface area contributed by atoms with Crippen molar-refractivity contribution in [1.29, 1.82) is 0 Å². The number of alkyl carbamates (subject to hydrolysis) is 1. The van der Waals surface area contributed by atoms with Gasteiger partial charge in [-0.3, -0.25) is 20.4 Å². The van der Waals surface area contributed by atoms with Crippen molar-refractivity contribution in [3.8, 4) is 0 Å². The molecule has 0 saturated carbocycles. The number of carbonyl (C=O) groups is 3. The molecule has 1 atom stereocenters. The van der Waals surface area contributed by atoms with Crippen molar-refractivity contribution in [3.05, 3.63) is 71.3 Å². The minimum absolute atomic E-state index is 0.229. The van der Waals surface area contributed by atoms with Gasteiger partial charge in [-0.15, -0.1) is 0 Å². The van der Waals surface area contributed by atoms with Crippen molar-refractivity contribution in [2.75, 3.05) is 0 Å². The van der Waals surface area contributed by atoms with Crippen molar-refractivity contribution in [2.24, 2.45) is 5.73 Å². The number of rotatable bonds is 6. The second kappa shape index (κ2) is 10.4. The SMILES string of the molecule is CC(C)(C)OC(=O)N[C@H](Cc1ccccc1)C(=O)NNC(=O)c1ccc(CN)cc1. The summed E-state index contributed by atoms with van der Waals surface area (Å²) in [5, 5.41) is 2.56. The number of nitrogens with two attached hydrogens (primary N) is 1. The van der Waals surface area contributed by atoms with E-state index in [-0.39, 0.29) is 6.42 Å². The third-order valence-electron chi connectivity index (χ3n) is 4.04. The maximum Gasteiger partial charge on any atom is 0.408 e. The molecule has 160 valence electrons. The molecule has 0 fully saturated rings. The molecule has 2 aromatic rings. The smallest absolute Gasteiger partial charge is 0.408 e. The summed E-state index contributed by atoms with van der Waals surface area (Å²) >= 11 is 0. The van der Waals surface area contributed by atoms with Crippen molar-refractivity contribution < 1.29 is 19.1 Å². The van der Waals surface area contributed by atoms with Gasteiger partial charge in [-0.2, -0.15) is 0 Å². The molecule has 0 heterocycles. The molecular formula is C22H28N4O4. The standard InChI is InChI=1S/C22H28N4O4/c1-22(2,3)30-21(29)24-18(13-15-7-5-4-6-8-15)20(28)26-25-19(27)17-11-9-16(14-23)10-12-17/h4-12,18H,13-14,23H2,1-3H3,(H,24,29)(H,25,27)(H,26,28)/t18-/m1/s1. The highest BCUT2D eigenvalue weighted by atomic mass is 16.6. The fourth-order valence-corrected chi connectivity index (χ4v) is 2.58. The third-order valence-corrected chi connectivity index (χ3v) is 4.04. The number of carbonyl (C=O) groups excluding carboxylic acids is 3. The van der Waals surface area contributed by atoms with E-state index in [1.165, 1.54) is 0 Å². The summed E-state index contributed by atoms with van der Waals surface area (Å²) in [6, 6.07) is 15.0. The van der Waals surface area contributed by atoms with Gasteiger partial charge >= 0.3 is 6.09 Å². The topological polar surface area (TPSA) is 123 Å². The van der Waals surface area contributed by atoms with E-state index in [2.05, 4.69) is 16.2 Å². The molecule has 0 aliphatic carbocycles. The van der Waals surface area contributed by atoms with Crippen LogP contribution in [0.4, 0.5) is 4.79 Å². The number of amides is 3. The molecule has 0 aromatic heterocycles. The summed E-state index contributed by atoms with van der Waals surface area (Å²) in [5.41, 5.74) is 11.7. The van der Waals surface area contributed by atoms with Crippen molar-refractivity contribution in [2.45, 2.75) is 45.4 Å².